The molecule has 1 amide bonds. The topological polar surface area (TPSA) is 73.4 Å². The molecule has 8 heteroatoms. The van der Waals surface area contributed by atoms with E-state index in [1.54, 1.807) is 30.3 Å². The van der Waals surface area contributed by atoms with Crippen LogP contribution in [0.1, 0.15) is 22.9 Å². The molecule has 5 nitrogen and oxygen atoms in total. The van der Waals surface area contributed by atoms with Gasteiger partial charge in [-0.2, -0.15) is 0 Å². The second-order valence-corrected chi connectivity index (χ2v) is 9.24. The summed E-state index contributed by atoms with van der Waals surface area (Å²) in [6.07, 6.45) is 0. The molecular weight excluding hydrogens is 495 g/mol. The lowest BCUT2D eigenvalue weighted by atomic mass is 9.93. The molecule has 2 N–H and O–H groups in total. The first-order valence-electron chi connectivity index (χ1n) is 10.4. The smallest absolute Gasteiger partial charge is 0.300 e. The number of nitrogens with one attached hydrogen (secondary N) is 1. The van der Waals surface area contributed by atoms with Gasteiger partial charge in [-0.25, -0.2) is 0 Å². The highest BCUT2D eigenvalue weighted by Gasteiger charge is 2.48. The highest BCUT2D eigenvalue weighted by molar-refractivity contribution is 6.52. The lowest BCUT2D eigenvalue weighted by Gasteiger charge is -2.26. The molecule has 170 valence electrons. The number of carbonyl (C=O) groups excluding carboxylic acids is 2. The van der Waals surface area contributed by atoms with Gasteiger partial charge < -0.3 is 10.1 Å². The van der Waals surface area contributed by atoms with Gasteiger partial charge in [0.05, 0.1) is 21.7 Å². The van der Waals surface area contributed by atoms with Gasteiger partial charge in [-0.1, -0.05) is 59.1 Å². The van der Waals surface area contributed by atoms with Crippen molar-refractivity contribution in [3.8, 4) is 0 Å². The minimum atomic E-state index is -0.899. The molecule has 1 saturated heterocycles. The Balaban J connectivity index is 1.83. The molecule has 4 aromatic rings. The Kier molecular flexibility index (Phi) is 5.64. The van der Waals surface area contributed by atoms with Gasteiger partial charge in [0.15, 0.2) is 0 Å². The molecule has 1 aliphatic rings. The van der Waals surface area contributed by atoms with E-state index in [9.17, 15) is 14.7 Å². The number of carbonyl (C=O) groups is 2. The average molecular weight is 512 g/mol. The number of aliphatic hydroxyl groups is 1. The summed E-state index contributed by atoms with van der Waals surface area (Å²) in [6.45, 7) is 1.87. The number of anilines is 1. The van der Waals surface area contributed by atoms with E-state index < -0.39 is 17.7 Å². The number of aromatic nitrogens is 1. The predicted molar refractivity (Wildman–Crippen MR) is 136 cm³/mol. The summed E-state index contributed by atoms with van der Waals surface area (Å²) >= 11 is 18.4. The number of benzene rings is 3. The zero-order chi connectivity index (χ0) is 24.1. The van der Waals surface area contributed by atoms with Gasteiger partial charge in [0.2, 0.25) is 0 Å². The van der Waals surface area contributed by atoms with Crippen molar-refractivity contribution in [2.75, 3.05) is 4.90 Å². The molecule has 0 saturated carbocycles. The van der Waals surface area contributed by atoms with Crippen LogP contribution in [0.3, 0.4) is 0 Å². The van der Waals surface area contributed by atoms with Crippen LogP contribution in [-0.2, 0) is 9.59 Å². The molecule has 0 spiro atoms. The summed E-state index contributed by atoms with van der Waals surface area (Å²) in [5.41, 5.74) is 2.99. The summed E-state index contributed by atoms with van der Waals surface area (Å²) in [6, 6.07) is 17.9. The number of rotatable bonds is 3. The van der Waals surface area contributed by atoms with Crippen molar-refractivity contribution in [3.05, 3.63) is 104 Å². The number of H-pyrrole nitrogens is 1. The van der Waals surface area contributed by atoms with E-state index in [0.717, 1.165) is 16.6 Å². The summed E-state index contributed by atoms with van der Waals surface area (Å²) in [4.78, 5) is 31.4. The number of halogens is 3. The third-order valence-electron chi connectivity index (χ3n) is 5.94. The van der Waals surface area contributed by atoms with Crippen molar-refractivity contribution in [3.63, 3.8) is 0 Å². The summed E-state index contributed by atoms with van der Waals surface area (Å²) in [7, 11) is 0. The van der Waals surface area contributed by atoms with Crippen LogP contribution >= 0.6 is 34.8 Å². The summed E-state index contributed by atoms with van der Waals surface area (Å²) in [5, 5.41) is 13.1. The van der Waals surface area contributed by atoms with Gasteiger partial charge in [-0.15, -0.1) is 0 Å². The lowest BCUT2D eigenvalue weighted by Crippen LogP contribution is -2.29. The number of hydrogen-bond donors (Lipinski definition) is 2. The standard InChI is InChI=1S/C26H17Cl3N2O3/c1-13-21(17-7-2-3-8-20(17)30-13)23-22(24(32)14-9-10-18(28)19(29)11-14)25(33)26(34)31(23)16-6-4-5-15(27)12-16/h2-12,23,30,32H,1H3/b24-22+. The van der Waals surface area contributed by atoms with Crippen molar-refractivity contribution in [1.29, 1.82) is 0 Å². The number of aryl methyl sites for hydroxylation is 1. The van der Waals surface area contributed by atoms with Crippen LogP contribution in [0.5, 0.6) is 0 Å². The van der Waals surface area contributed by atoms with Crippen LogP contribution in [0.2, 0.25) is 15.1 Å². The fraction of sp³-hybridized carbons (Fsp3) is 0.0769. The molecular formula is C26H17Cl3N2O3. The van der Waals surface area contributed by atoms with E-state index in [4.69, 9.17) is 34.8 Å². The normalized spacial score (nSPS) is 17.6. The van der Waals surface area contributed by atoms with Crippen molar-refractivity contribution in [2.45, 2.75) is 13.0 Å². The van der Waals surface area contributed by atoms with Crippen LogP contribution in [-0.4, -0.2) is 21.8 Å². The van der Waals surface area contributed by atoms with Crippen molar-refractivity contribution in [1.82, 2.24) is 4.98 Å². The Bertz CT molecular complexity index is 1520. The monoisotopic (exact) mass is 510 g/mol. The van der Waals surface area contributed by atoms with Gasteiger partial charge in [-0.05, 0) is 49.4 Å². The molecule has 1 aromatic heterocycles. The zero-order valence-electron chi connectivity index (χ0n) is 17.8. The maximum atomic E-state index is 13.4. The van der Waals surface area contributed by atoms with E-state index in [-0.39, 0.29) is 21.9 Å². The third-order valence-corrected chi connectivity index (χ3v) is 6.91. The number of para-hydroxylation sites is 1. The van der Waals surface area contributed by atoms with Crippen LogP contribution in [0.15, 0.2) is 72.3 Å². The predicted octanol–water partition coefficient (Wildman–Crippen LogP) is 7.06. The van der Waals surface area contributed by atoms with E-state index >= 15 is 0 Å². The molecule has 1 fully saturated rings. The number of ketones is 1. The van der Waals surface area contributed by atoms with Gasteiger partial charge in [0.25, 0.3) is 11.7 Å². The fourth-order valence-corrected chi connectivity index (χ4v) is 4.93. The minimum Gasteiger partial charge on any atom is -0.507 e. The molecule has 2 heterocycles. The molecule has 3 aromatic carbocycles. The van der Waals surface area contributed by atoms with Gasteiger partial charge in [-0.3, -0.25) is 14.5 Å². The largest absolute Gasteiger partial charge is 0.507 e. The van der Waals surface area contributed by atoms with Crippen molar-refractivity contribution < 1.29 is 14.7 Å². The van der Waals surface area contributed by atoms with Crippen molar-refractivity contribution >= 4 is 68.8 Å². The third kappa shape index (κ3) is 3.57. The van der Waals surface area contributed by atoms with E-state index in [2.05, 4.69) is 4.98 Å². The number of fused-ring (bicyclic) bond motifs is 1. The molecule has 0 radical (unpaired) electrons. The number of hydrogen-bond acceptors (Lipinski definition) is 3. The SMILES string of the molecule is Cc1[nH]c2ccccc2c1C1/C(=C(\O)c2ccc(Cl)c(Cl)c2)C(=O)C(=O)N1c1cccc(Cl)c1. The molecule has 1 aliphatic heterocycles. The van der Waals surface area contributed by atoms with Crippen LogP contribution in [0.4, 0.5) is 5.69 Å². The molecule has 1 atom stereocenters. The quantitative estimate of drug-likeness (QED) is 0.176. The Labute approximate surface area is 210 Å². The summed E-state index contributed by atoms with van der Waals surface area (Å²) < 4.78 is 0. The van der Waals surface area contributed by atoms with E-state index in [1.165, 1.54) is 17.0 Å². The molecule has 1 unspecified atom stereocenters. The average Bonchev–Trinajstić information content (AvgIpc) is 3.27. The minimum absolute atomic E-state index is 0.0452. The summed E-state index contributed by atoms with van der Waals surface area (Å²) in [5.74, 6) is -1.91. The Hall–Kier alpha value is -3.25. The van der Waals surface area contributed by atoms with Crippen molar-refractivity contribution in [2.24, 2.45) is 0 Å². The number of Topliss-reactive ketones (excluding diaryl/α,β-unsaturated/α-hetero) is 1. The number of nitrogens with zero attached hydrogens (tertiary/aromatic N) is 1. The highest BCUT2D eigenvalue weighted by Crippen LogP contribution is 2.46. The van der Waals surface area contributed by atoms with Crippen LogP contribution < -0.4 is 4.90 Å². The van der Waals surface area contributed by atoms with Crippen LogP contribution in [0, 0.1) is 6.92 Å². The lowest BCUT2D eigenvalue weighted by molar-refractivity contribution is -0.132. The second kappa shape index (κ2) is 8.51. The van der Waals surface area contributed by atoms with Gasteiger partial charge in [0.1, 0.15) is 5.76 Å². The molecule has 5 rings (SSSR count). The Morgan fingerprint density at radius 2 is 1.71 bits per heavy atom. The van der Waals surface area contributed by atoms with E-state index in [0.29, 0.717) is 21.3 Å². The molecule has 34 heavy (non-hydrogen) atoms. The molecule has 0 aliphatic carbocycles. The van der Waals surface area contributed by atoms with Gasteiger partial charge in [0, 0.05) is 38.4 Å². The molecule has 0 bridgehead atoms. The number of aliphatic hydroxyl groups excluding tert-OH is 1. The number of aromatic amines is 1. The number of amides is 1. The second-order valence-electron chi connectivity index (χ2n) is 7.99. The van der Waals surface area contributed by atoms with Crippen LogP contribution in [0.25, 0.3) is 16.7 Å². The highest BCUT2D eigenvalue weighted by atomic mass is 35.5. The van der Waals surface area contributed by atoms with Gasteiger partial charge >= 0.3 is 0 Å². The fourth-order valence-electron chi connectivity index (χ4n) is 4.45. The Morgan fingerprint density at radius 1 is 0.941 bits per heavy atom. The Morgan fingerprint density at radius 3 is 2.44 bits per heavy atom. The maximum absolute atomic E-state index is 13.4. The van der Waals surface area contributed by atoms with E-state index in [1.807, 2.05) is 31.2 Å². The first kappa shape index (κ1) is 22.5. The maximum Gasteiger partial charge on any atom is 0.300 e. The first-order chi connectivity index (χ1) is 16.3. The first-order valence-corrected chi connectivity index (χ1v) is 11.5. The zero-order valence-corrected chi connectivity index (χ0v) is 20.0.